The fourth-order valence-corrected chi connectivity index (χ4v) is 1.83. The Hall–Kier alpha value is -2.69. The number of carbonyl (C=O) groups is 2. The molecule has 0 bridgehead atoms. The predicted molar refractivity (Wildman–Crippen MR) is 83.0 cm³/mol. The first-order chi connectivity index (χ1) is 11.1. The quantitative estimate of drug-likeness (QED) is 0.593. The fraction of sp³-hybridized carbons (Fsp3) is 0.222. The fourth-order valence-electron chi connectivity index (χ4n) is 1.83. The van der Waals surface area contributed by atoms with E-state index in [1.54, 1.807) is 12.1 Å². The van der Waals surface area contributed by atoms with Gasteiger partial charge in [-0.05, 0) is 55.0 Å². The van der Waals surface area contributed by atoms with E-state index in [0.717, 1.165) is 12.8 Å². The van der Waals surface area contributed by atoms with E-state index in [9.17, 15) is 14.0 Å². The third-order valence-corrected chi connectivity index (χ3v) is 3.08. The molecule has 0 aromatic heterocycles. The highest BCUT2D eigenvalue weighted by Gasteiger charge is 2.09. The molecule has 0 aliphatic carbocycles. The second-order valence-corrected chi connectivity index (χ2v) is 4.95. The van der Waals surface area contributed by atoms with Crippen LogP contribution in [0.4, 0.5) is 4.39 Å². The molecule has 4 nitrogen and oxygen atoms in total. The van der Waals surface area contributed by atoms with Gasteiger partial charge in [0.1, 0.15) is 17.3 Å². The van der Waals surface area contributed by atoms with E-state index in [4.69, 9.17) is 9.47 Å². The average Bonchev–Trinajstić information content (AvgIpc) is 2.55. The number of rotatable bonds is 6. The zero-order valence-electron chi connectivity index (χ0n) is 12.8. The van der Waals surface area contributed by atoms with Crippen LogP contribution in [0.5, 0.6) is 11.5 Å². The second kappa shape index (κ2) is 8.08. The van der Waals surface area contributed by atoms with Crippen molar-refractivity contribution in [2.45, 2.75) is 26.2 Å². The summed E-state index contributed by atoms with van der Waals surface area (Å²) >= 11 is 0. The zero-order chi connectivity index (χ0) is 16.7. The summed E-state index contributed by atoms with van der Waals surface area (Å²) in [7, 11) is 0. The van der Waals surface area contributed by atoms with Crippen LogP contribution < -0.4 is 9.47 Å². The number of hydrogen-bond donors (Lipinski definition) is 0. The maximum absolute atomic E-state index is 12.8. The molecule has 0 amide bonds. The SMILES string of the molecule is CCCCC(=O)Oc1ccc(OC(=O)c2ccc(F)cc2)cc1. The van der Waals surface area contributed by atoms with Gasteiger partial charge in [-0.2, -0.15) is 0 Å². The van der Waals surface area contributed by atoms with Gasteiger partial charge in [0, 0.05) is 6.42 Å². The van der Waals surface area contributed by atoms with Gasteiger partial charge in [-0.3, -0.25) is 4.79 Å². The maximum atomic E-state index is 12.8. The molecule has 2 aromatic carbocycles. The lowest BCUT2D eigenvalue weighted by atomic mass is 10.2. The molecule has 2 rings (SSSR count). The summed E-state index contributed by atoms with van der Waals surface area (Å²) in [6.07, 6.45) is 2.08. The summed E-state index contributed by atoms with van der Waals surface area (Å²) in [6.45, 7) is 2.00. The van der Waals surface area contributed by atoms with Crippen molar-refractivity contribution in [1.82, 2.24) is 0 Å². The molecule has 0 N–H and O–H groups in total. The van der Waals surface area contributed by atoms with Gasteiger partial charge in [0.25, 0.3) is 0 Å². The summed E-state index contributed by atoms with van der Waals surface area (Å²) < 4.78 is 23.1. The van der Waals surface area contributed by atoms with Crippen molar-refractivity contribution in [3.05, 3.63) is 59.9 Å². The van der Waals surface area contributed by atoms with Crippen LogP contribution >= 0.6 is 0 Å². The van der Waals surface area contributed by atoms with Gasteiger partial charge in [-0.1, -0.05) is 13.3 Å². The summed E-state index contributed by atoms with van der Waals surface area (Å²) in [4.78, 5) is 23.4. The Morgan fingerprint density at radius 1 is 0.913 bits per heavy atom. The number of halogens is 1. The van der Waals surface area contributed by atoms with E-state index in [1.165, 1.54) is 36.4 Å². The van der Waals surface area contributed by atoms with Crippen LogP contribution in [0.25, 0.3) is 0 Å². The lowest BCUT2D eigenvalue weighted by molar-refractivity contribution is -0.134. The largest absolute Gasteiger partial charge is 0.427 e. The number of ether oxygens (including phenoxy) is 2. The number of unbranched alkanes of at least 4 members (excludes halogenated alkanes) is 1. The maximum Gasteiger partial charge on any atom is 0.343 e. The second-order valence-electron chi connectivity index (χ2n) is 4.95. The summed E-state index contributed by atoms with van der Waals surface area (Å²) in [5.41, 5.74) is 0.251. The van der Waals surface area contributed by atoms with Crippen LogP contribution in [-0.4, -0.2) is 11.9 Å². The Labute approximate surface area is 133 Å². The van der Waals surface area contributed by atoms with Crippen LogP contribution in [0.1, 0.15) is 36.5 Å². The Morgan fingerprint density at radius 2 is 1.48 bits per heavy atom. The molecule has 0 unspecified atom stereocenters. The van der Waals surface area contributed by atoms with E-state index in [-0.39, 0.29) is 11.5 Å². The van der Waals surface area contributed by atoms with Crippen molar-refractivity contribution in [2.75, 3.05) is 0 Å². The van der Waals surface area contributed by atoms with Crippen molar-refractivity contribution in [3.63, 3.8) is 0 Å². The van der Waals surface area contributed by atoms with E-state index in [1.807, 2.05) is 6.92 Å². The Bertz CT molecular complexity index is 662. The molecule has 0 spiro atoms. The Morgan fingerprint density at radius 3 is 2.04 bits per heavy atom. The highest BCUT2D eigenvalue weighted by Crippen LogP contribution is 2.19. The van der Waals surface area contributed by atoms with E-state index in [2.05, 4.69) is 0 Å². The smallest absolute Gasteiger partial charge is 0.343 e. The third kappa shape index (κ3) is 5.21. The van der Waals surface area contributed by atoms with Crippen molar-refractivity contribution in [3.8, 4) is 11.5 Å². The van der Waals surface area contributed by atoms with Gasteiger partial charge in [0.05, 0.1) is 5.56 Å². The topological polar surface area (TPSA) is 52.6 Å². The van der Waals surface area contributed by atoms with Crippen molar-refractivity contribution >= 4 is 11.9 Å². The molecule has 0 aliphatic heterocycles. The standard InChI is InChI=1S/C18H17FO4/c1-2-3-4-17(20)22-15-9-11-16(12-10-15)23-18(21)13-5-7-14(19)8-6-13/h5-12H,2-4H2,1H3. The van der Waals surface area contributed by atoms with Crippen LogP contribution in [0.2, 0.25) is 0 Å². The zero-order valence-corrected chi connectivity index (χ0v) is 12.8. The third-order valence-electron chi connectivity index (χ3n) is 3.08. The van der Waals surface area contributed by atoms with Gasteiger partial charge in [-0.25, -0.2) is 9.18 Å². The summed E-state index contributed by atoms with van der Waals surface area (Å²) in [6, 6.07) is 11.2. The number of esters is 2. The highest BCUT2D eigenvalue weighted by molar-refractivity contribution is 5.91. The Kier molecular flexibility index (Phi) is 5.86. The first kappa shape index (κ1) is 16.7. The van der Waals surface area contributed by atoms with Crippen molar-refractivity contribution < 1.29 is 23.5 Å². The minimum absolute atomic E-state index is 0.251. The molecule has 0 saturated carbocycles. The number of benzene rings is 2. The molecule has 2 aromatic rings. The molecule has 0 radical (unpaired) electrons. The summed E-state index contributed by atoms with van der Waals surface area (Å²) in [5, 5.41) is 0. The normalized spacial score (nSPS) is 10.2. The van der Waals surface area contributed by atoms with Crippen molar-refractivity contribution in [1.29, 1.82) is 0 Å². The average molecular weight is 316 g/mol. The number of carbonyl (C=O) groups excluding carboxylic acids is 2. The predicted octanol–water partition coefficient (Wildman–Crippen LogP) is 4.14. The molecule has 23 heavy (non-hydrogen) atoms. The minimum atomic E-state index is -0.585. The number of hydrogen-bond acceptors (Lipinski definition) is 4. The molecule has 0 fully saturated rings. The van der Waals surface area contributed by atoms with E-state index >= 15 is 0 Å². The van der Waals surface area contributed by atoms with Crippen molar-refractivity contribution in [2.24, 2.45) is 0 Å². The van der Waals surface area contributed by atoms with Gasteiger partial charge in [0.2, 0.25) is 0 Å². The molecule has 120 valence electrons. The van der Waals surface area contributed by atoms with Gasteiger partial charge < -0.3 is 9.47 Å². The van der Waals surface area contributed by atoms with Crippen LogP contribution in [0, 0.1) is 5.82 Å². The molecule has 0 aliphatic rings. The molecule has 0 heterocycles. The van der Waals surface area contributed by atoms with Gasteiger partial charge in [-0.15, -0.1) is 0 Å². The Balaban J connectivity index is 1.93. The summed E-state index contributed by atoms with van der Waals surface area (Å²) in [5.74, 6) is -0.586. The molecule has 0 saturated heterocycles. The van der Waals surface area contributed by atoms with E-state index < -0.39 is 11.8 Å². The first-order valence-corrected chi connectivity index (χ1v) is 7.37. The molecule has 5 heteroatoms. The van der Waals surface area contributed by atoms with Crippen LogP contribution in [-0.2, 0) is 4.79 Å². The molecule has 0 atom stereocenters. The van der Waals surface area contributed by atoms with Crippen LogP contribution in [0.3, 0.4) is 0 Å². The van der Waals surface area contributed by atoms with Crippen LogP contribution in [0.15, 0.2) is 48.5 Å². The lowest BCUT2D eigenvalue weighted by Crippen LogP contribution is -2.09. The molecular formula is C18H17FO4. The minimum Gasteiger partial charge on any atom is -0.427 e. The van der Waals surface area contributed by atoms with Gasteiger partial charge >= 0.3 is 11.9 Å². The lowest BCUT2D eigenvalue weighted by Gasteiger charge is -2.06. The first-order valence-electron chi connectivity index (χ1n) is 7.37. The highest BCUT2D eigenvalue weighted by atomic mass is 19.1. The van der Waals surface area contributed by atoms with Gasteiger partial charge in [0.15, 0.2) is 0 Å². The van der Waals surface area contributed by atoms with E-state index in [0.29, 0.717) is 17.9 Å². The molecular weight excluding hydrogens is 299 g/mol. The monoisotopic (exact) mass is 316 g/mol.